The van der Waals surface area contributed by atoms with Crippen LogP contribution < -0.4 is 16.2 Å². The minimum atomic E-state index is -4.52. The topological polar surface area (TPSA) is 148 Å². The van der Waals surface area contributed by atoms with E-state index in [9.17, 15) is 26.8 Å². The Labute approximate surface area is 185 Å². The van der Waals surface area contributed by atoms with Crippen molar-refractivity contribution < 1.29 is 26.4 Å². The molecule has 0 aliphatic rings. The van der Waals surface area contributed by atoms with Gasteiger partial charge >= 0.3 is 5.76 Å². The van der Waals surface area contributed by atoms with Gasteiger partial charge in [-0.15, -0.1) is 5.10 Å². The number of H-pyrrole nitrogens is 1. The van der Waals surface area contributed by atoms with E-state index >= 15 is 0 Å². The highest BCUT2D eigenvalue weighted by atomic mass is 35.5. The molecule has 32 heavy (non-hydrogen) atoms. The molecule has 1 aromatic heterocycles. The van der Waals surface area contributed by atoms with Gasteiger partial charge in [-0.25, -0.2) is 27.1 Å². The Morgan fingerprint density at radius 1 is 1.25 bits per heavy atom. The summed E-state index contributed by atoms with van der Waals surface area (Å²) < 4.78 is 62.1. The molecule has 2 atom stereocenters. The number of nitrogens with two attached hydrogens (primary N) is 1. The second kappa shape index (κ2) is 8.81. The van der Waals surface area contributed by atoms with Gasteiger partial charge in [0.2, 0.25) is 21.8 Å². The summed E-state index contributed by atoms with van der Waals surface area (Å²) in [7, 11) is -4.52. The highest BCUT2D eigenvalue weighted by Gasteiger charge is 2.34. The molecule has 0 saturated carbocycles. The number of nitrogens with one attached hydrogen (secondary N) is 2. The highest BCUT2D eigenvalue weighted by Crippen LogP contribution is 2.35. The van der Waals surface area contributed by atoms with E-state index < -0.39 is 61.6 Å². The van der Waals surface area contributed by atoms with Crippen molar-refractivity contribution in [2.75, 3.05) is 0 Å². The number of hydrogen-bond acceptors (Lipinski definition) is 6. The molecule has 0 bridgehead atoms. The number of amides is 1. The van der Waals surface area contributed by atoms with Gasteiger partial charge in [-0.1, -0.05) is 18.5 Å². The Bertz CT molecular complexity index is 1360. The standard InChI is InChI=1S/C19H17ClF2N4O5S/c1-8-12(21)4-5-13(22)15(8)9(2)16(18-24-25-19(28)31-18)26-32(29,30)14-6-3-10(20)7-11(14)17(23)27/h3-7,9,16,26H,1-2H3,(H2,23,27)(H,25,28). The number of carbonyl (C=O) groups excluding carboxylic acids is 1. The Kier molecular flexibility index (Phi) is 6.49. The van der Waals surface area contributed by atoms with Gasteiger partial charge in [-0.3, -0.25) is 4.79 Å². The van der Waals surface area contributed by atoms with E-state index in [1.54, 1.807) is 0 Å². The molecular formula is C19H17ClF2N4O5S. The molecule has 2 aromatic carbocycles. The Hall–Kier alpha value is -3.09. The number of rotatable bonds is 7. The summed E-state index contributed by atoms with van der Waals surface area (Å²) in [5, 5.41) is 5.69. The van der Waals surface area contributed by atoms with Crippen molar-refractivity contribution in [1.29, 1.82) is 0 Å². The van der Waals surface area contributed by atoms with Crippen LogP contribution in [0.25, 0.3) is 0 Å². The summed E-state index contributed by atoms with van der Waals surface area (Å²) in [5.74, 6) is -5.09. The number of aromatic amines is 1. The average Bonchev–Trinajstić information content (AvgIpc) is 3.15. The summed E-state index contributed by atoms with van der Waals surface area (Å²) >= 11 is 5.83. The number of sulfonamides is 1. The SMILES string of the molecule is Cc1c(F)ccc(F)c1C(C)C(NS(=O)(=O)c1ccc(Cl)cc1C(N)=O)c1n[nH]c(=O)o1. The minimum Gasteiger partial charge on any atom is -0.391 e. The third-order valence-corrected chi connectivity index (χ3v) is 6.58. The number of halogens is 3. The molecule has 0 saturated heterocycles. The molecule has 1 amide bonds. The van der Waals surface area contributed by atoms with Crippen LogP contribution in [0.4, 0.5) is 8.78 Å². The zero-order valence-corrected chi connectivity index (χ0v) is 18.2. The van der Waals surface area contributed by atoms with Gasteiger partial charge in [0.15, 0.2) is 0 Å². The lowest BCUT2D eigenvalue weighted by Crippen LogP contribution is -2.34. The zero-order chi connectivity index (χ0) is 23.8. The van der Waals surface area contributed by atoms with E-state index in [1.807, 2.05) is 5.10 Å². The van der Waals surface area contributed by atoms with Gasteiger partial charge in [0.25, 0.3) is 0 Å². The summed E-state index contributed by atoms with van der Waals surface area (Å²) in [6, 6.07) is 3.71. The maximum atomic E-state index is 14.6. The van der Waals surface area contributed by atoms with Crippen molar-refractivity contribution in [3.8, 4) is 0 Å². The first-order chi connectivity index (χ1) is 14.9. The number of carbonyl (C=O) groups is 1. The summed E-state index contributed by atoms with van der Waals surface area (Å²) in [5.41, 5.74) is 4.66. The zero-order valence-electron chi connectivity index (χ0n) is 16.6. The van der Waals surface area contributed by atoms with Crippen LogP contribution in [-0.4, -0.2) is 24.5 Å². The predicted octanol–water partition coefficient (Wildman–Crippen LogP) is 2.53. The number of hydrogen-bond donors (Lipinski definition) is 3. The first-order valence-electron chi connectivity index (χ1n) is 9.04. The van der Waals surface area contributed by atoms with Crippen LogP contribution in [0.15, 0.2) is 44.4 Å². The van der Waals surface area contributed by atoms with E-state index in [4.69, 9.17) is 21.8 Å². The maximum absolute atomic E-state index is 14.6. The molecule has 3 rings (SSSR count). The van der Waals surface area contributed by atoms with Gasteiger partial charge in [-0.05, 0) is 48.4 Å². The third-order valence-electron chi connectivity index (χ3n) is 4.85. The van der Waals surface area contributed by atoms with E-state index in [1.165, 1.54) is 19.9 Å². The van der Waals surface area contributed by atoms with Crippen LogP contribution in [0.5, 0.6) is 0 Å². The van der Waals surface area contributed by atoms with Crippen LogP contribution in [0.3, 0.4) is 0 Å². The molecule has 0 radical (unpaired) electrons. The molecule has 13 heteroatoms. The van der Waals surface area contributed by atoms with Crippen LogP contribution in [-0.2, 0) is 10.0 Å². The van der Waals surface area contributed by atoms with Crippen molar-refractivity contribution in [3.05, 3.63) is 80.1 Å². The van der Waals surface area contributed by atoms with Crippen molar-refractivity contribution in [1.82, 2.24) is 14.9 Å². The molecule has 9 nitrogen and oxygen atoms in total. The lowest BCUT2D eigenvalue weighted by atomic mass is 9.89. The molecule has 3 aromatic rings. The number of nitrogens with zero attached hydrogens (tertiary/aromatic N) is 1. The second-order valence-corrected chi connectivity index (χ2v) is 9.03. The predicted molar refractivity (Wildman–Crippen MR) is 110 cm³/mol. The molecule has 170 valence electrons. The maximum Gasteiger partial charge on any atom is 0.434 e. The van der Waals surface area contributed by atoms with Crippen molar-refractivity contribution in [2.45, 2.75) is 30.7 Å². The summed E-state index contributed by atoms with van der Waals surface area (Å²) in [6.45, 7) is 2.71. The largest absolute Gasteiger partial charge is 0.434 e. The fourth-order valence-electron chi connectivity index (χ4n) is 3.29. The molecule has 0 aliphatic heterocycles. The molecule has 0 spiro atoms. The lowest BCUT2D eigenvalue weighted by molar-refractivity contribution is 0.0997. The molecule has 4 N–H and O–H groups in total. The van der Waals surface area contributed by atoms with E-state index in [0.29, 0.717) is 0 Å². The quantitative estimate of drug-likeness (QED) is 0.467. The van der Waals surface area contributed by atoms with Crippen molar-refractivity contribution in [2.24, 2.45) is 5.73 Å². The number of primary amides is 1. The van der Waals surface area contributed by atoms with Crippen LogP contribution in [0, 0.1) is 18.6 Å². The molecule has 0 aliphatic carbocycles. The lowest BCUT2D eigenvalue weighted by Gasteiger charge is -2.24. The van der Waals surface area contributed by atoms with Gasteiger partial charge in [0.05, 0.1) is 10.5 Å². The molecule has 2 unspecified atom stereocenters. The van der Waals surface area contributed by atoms with Crippen LogP contribution in [0.1, 0.15) is 46.3 Å². The molecule has 1 heterocycles. The Balaban J connectivity index is 2.14. The van der Waals surface area contributed by atoms with Crippen molar-refractivity contribution in [3.63, 3.8) is 0 Å². The highest BCUT2D eigenvalue weighted by molar-refractivity contribution is 7.89. The van der Waals surface area contributed by atoms with Crippen LogP contribution in [0.2, 0.25) is 5.02 Å². The van der Waals surface area contributed by atoms with Gasteiger partial charge in [0.1, 0.15) is 17.7 Å². The van der Waals surface area contributed by atoms with Crippen LogP contribution >= 0.6 is 11.6 Å². The first kappa shape index (κ1) is 23.6. The fourth-order valence-corrected chi connectivity index (χ4v) is 4.93. The third kappa shape index (κ3) is 4.56. The summed E-state index contributed by atoms with van der Waals surface area (Å²) in [4.78, 5) is 22.7. The normalized spacial score (nSPS) is 13.7. The number of aromatic nitrogens is 2. The van der Waals surface area contributed by atoms with E-state index in [2.05, 4.69) is 9.82 Å². The van der Waals surface area contributed by atoms with E-state index in [0.717, 1.165) is 24.3 Å². The van der Waals surface area contributed by atoms with Gasteiger partial charge in [-0.2, -0.15) is 4.72 Å². The number of benzene rings is 2. The molecular weight excluding hydrogens is 470 g/mol. The molecule has 0 fully saturated rings. The van der Waals surface area contributed by atoms with Gasteiger partial charge < -0.3 is 10.2 Å². The van der Waals surface area contributed by atoms with Gasteiger partial charge in [0, 0.05) is 10.9 Å². The van der Waals surface area contributed by atoms with Crippen molar-refractivity contribution >= 4 is 27.5 Å². The Morgan fingerprint density at radius 3 is 2.50 bits per heavy atom. The van der Waals surface area contributed by atoms with E-state index in [-0.39, 0.29) is 16.1 Å². The average molecular weight is 487 g/mol. The smallest absolute Gasteiger partial charge is 0.391 e. The minimum absolute atomic E-state index is 0.0658. The second-order valence-electron chi connectivity index (χ2n) is 6.91. The Morgan fingerprint density at radius 2 is 1.91 bits per heavy atom. The monoisotopic (exact) mass is 486 g/mol. The first-order valence-corrected chi connectivity index (χ1v) is 10.9. The summed E-state index contributed by atoms with van der Waals surface area (Å²) in [6.07, 6.45) is 0. The fraction of sp³-hybridized carbons (Fsp3) is 0.211.